The summed E-state index contributed by atoms with van der Waals surface area (Å²) < 4.78 is 13.1. The Morgan fingerprint density at radius 3 is 2.50 bits per heavy atom. The molecule has 1 N–H and O–H groups in total. The topological polar surface area (TPSA) is 90.3 Å². The van der Waals surface area contributed by atoms with Crippen LogP contribution in [0.15, 0.2) is 29.4 Å². The maximum atomic E-state index is 13.1. The lowest BCUT2D eigenvalue weighted by Gasteiger charge is -2.25. The Hall–Kier alpha value is -2.77. The molecule has 0 spiro atoms. The monoisotopic (exact) mass is 387 g/mol. The van der Waals surface area contributed by atoms with Gasteiger partial charge in [0.1, 0.15) is 11.5 Å². The molecule has 2 aliphatic heterocycles. The smallest absolute Gasteiger partial charge is 0.308 e. The number of hydrogen-bond acceptors (Lipinski definition) is 4. The molecule has 1 aromatic carbocycles. The number of rotatable bonds is 5. The first-order chi connectivity index (χ1) is 13.4. The molecule has 2 atom stereocenters. The standard InChI is InChI=1S/C20H22FN3O4/c21-14-5-1-12(2-6-14)9-24-18(25)8-7-17(22-24)19(26)23-10-15(13-3-4-13)16(11-23)20(27)28/h1-2,5-6,13,15-16H,3-4,7-11H2,(H,27,28)/t15-,16+/m1/s1. The number of carboxylic acid groups (broad SMARTS) is 1. The fraction of sp³-hybridized carbons (Fsp3) is 0.500. The lowest BCUT2D eigenvalue weighted by atomic mass is 9.92. The molecule has 8 heteroatoms. The van der Waals surface area contributed by atoms with Crippen LogP contribution in [0.3, 0.4) is 0 Å². The second-order valence-corrected chi connectivity index (χ2v) is 7.78. The number of carbonyl (C=O) groups is 3. The van der Waals surface area contributed by atoms with Crippen molar-refractivity contribution < 1.29 is 23.9 Å². The van der Waals surface area contributed by atoms with E-state index in [1.54, 1.807) is 17.0 Å². The molecule has 1 aliphatic carbocycles. The van der Waals surface area contributed by atoms with Crippen molar-refractivity contribution in [1.82, 2.24) is 9.91 Å². The van der Waals surface area contributed by atoms with Crippen LogP contribution in [-0.4, -0.2) is 51.6 Å². The van der Waals surface area contributed by atoms with Crippen molar-refractivity contribution in [2.45, 2.75) is 32.2 Å². The first-order valence-electron chi connectivity index (χ1n) is 9.56. The number of hydrogen-bond donors (Lipinski definition) is 1. The highest BCUT2D eigenvalue weighted by atomic mass is 19.1. The van der Waals surface area contributed by atoms with Crippen LogP contribution in [0.4, 0.5) is 4.39 Å². The molecule has 0 bridgehead atoms. The fourth-order valence-electron chi connectivity index (χ4n) is 4.08. The fourth-order valence-corrected chi connectivity index (χ4v) is 4.08. The Labute approximate surface area is 161 Å². The summed E-state index contributed by atoms with van der Waals surface area (Å²) in [5.41, 5.74) is 0.996. The van der Waals surface area contributed by atoms with Crippen LogP contribution in [0.2, 0.25) is 0 Å². The van der Waals surface area contributed by atoms with Crippen LogP contribution in [0.1, 0.15) is 31.2 Å². The van der Waals surface area contributed by atoms with Crippen molar-refractivity contribution >= 4 is 23.5 Å². The van der Waals surface area contributed by atoms with Crippen LogP contribution in [0.25, 0.3) is 0 Å². The zero-order chi connectivity index (χ0) is 19.8. The molecule has 3 aliphatic rings. The van der Waals surface area contributed by atoms with Gasteiger partial charge in [0.25, 0.3) is 5.91 Å². The van der Waals surface area contributed by atoms with Gasteiger partial charge in [-0.2, -0.15) is 5.10 Å². The maximum absolute atomic E-state index is 13.1. The maximum Gasteiger partial charge on any atom is 0.308 e. The van der Waals surface area contributed by atoms with Crippen molar-refractivity contribution in [3.63, 3.8) is 0 Å². The number of halogens is 1. The summed E-state index contributed by atoms with van der Waals surface area (Å²) in [5.74, 6) is -1.83. The number of nitrogens with zero attached hydrogens (tertiary/aromatic N) is 3. The summed E-state index contributed by atoms with van der Waals surface area (Å²) in [7, 11) is 0. The number of carbonyl (C=O) groups excluding carboxylic acids is 2. The van der Waals surface area contributed by atoms with E-state index in [0.29, 0.717) is 18.0 Å². The van der Waals surface area contributed by atoms with E-state index in [2.05, 4.69) is 5.10 Å². The highest BCUT2D eigenvalue weighted by Crippen LogP contribution is 2.44. The van der Waals surface area contributed by atoms with Gasteiger partial charge in [-0.3, -0.25) is 14.4 Å². The van der Waals surface area contributed by atoms with E-state index in [4.69, 9.17) is 0 Å². The Balaban J connectivity index is 1.48. The highest BCUT2D eigenvalue weighted by molar-refractivity contribution is 6.39. The zero-order valence-electron chi connectivity index (χ0n) is 15.4. The van der Waals surface area contributed by atoms with E-state index in [1.807, 2.05) is 0 Å². The molecule has 0 unspecified atom stereocenters. The van der Waals surface area contributed by atoms with Crippen molar-refractivity contribution in [3.05, 3.63) is 35.6 Å². The Bertz CT molecular complexity index is 834. The predicted octanol–water partition coefficient (Wildman–Crippen LogP) is 1.87. The number of amides is 2. The van der Waals surface area contributed by atoms with E-state index >= 15 is 0 Å². The van der Waals surface area contributed by atoms with Gasteiger partial charge in [-0.25, -0.2) is 9.40 Å². The number of carboxylic acids is 1. The van der Waals surface area contributed by atoms with Crippen LogP contribution in [0.5, 0.6) is 0 Å². The molecule has 0 aromatic heterocycles. The Morgan fingerprint density at radius 2 is 1.86 bits per heavy atom. The van der Waals surface area contributed by atoms with Crippen molar-refractivity contribution in [1.29, 1.82) is 0 Å². The molecule has 28 heavy (non-hydrogen) atoms. The van der Waals surface area contributed by atoms with E-state index in [-0.39, 0.29) is 55.2 Å². The van der Waals surface area contributed by atoms with Gasteiger partial charge in [-0.1, -0.05) is 12.1 Å². The molecule has 7 nitrogen and oxygen atoms in total. The van der Waals surface area contributed by atoms with Gasteiger partial charge in [0.05, 0.1) is 12.5 Å². The molecule has 148 valence electrons. The van der Waals surface area contributed by atoms with Crippen LogP contribution in [0, 0.1) is 23.6 Å². The van der Waals surface area contributed by atoms with Gasteiger partial charge in [-0.05, 0) is 42.4 Å². The third-order valence-electron chi connectivity index (χ3n) is 5.79. The second kappa shape index (κ2) is 7.33. The zero-order valence-corrected chi connectivity index (χ0v) is 15.4. The molecular formula is C20H22FN3O4. The van der Waals surface area contributed by atoms with Crippen molar-refractivity contribution in [2.75, 3.05) is 13.1 Å². The number of hydrazone groups is 1. The molecular weight excluding hydrogens is 365 g/mol. The normalized spacial score (nSPS) is 25.0. The summed E-state index contributed by atoms with van der Waals surface area (Å²) in [6.45, 7) is 0.796. The Morgan fingerprint density at radius 1 is 1.14 bits per heavy atom. The minimum atomic E-state index is -0.856. The minimum Gasteiger partial charge on any atom is -0.481 e. The van der Waals surface area contributed by atoms with E-state index in [9.17, 15) is 23.9 Å². The lowest BCUT2D eigenvalue weighted by Crippen LogP contribution is -2.40. The molecule has 0 radical (unpaired) electrons. The van der Waals surface area contributed by atoms with Gasteiger partial charge in [0.15, 0.2) is 0 Å². The summed E-state index contributed by atoms with van der Waals surface area (Å²) in [6.07, 6.45) is 2.47. The highest BCUT2D eigenvalue weighted by Gasteiger charge is 2.47. The predicted molar refractivity (Wildman–Crippen MR) is 97.5 cm³/mol. The third kappa shape index (κ3) is 3.76. The SMILES string of the molecule is O=C(O)[C@H]1CN(C(=O)C2=NN(Cc3ccc(F)cc3)C(=O)CC2)C[C@@H]1C1CC1. The van der Waals surface area contributed by atoms with E-state index in [1.165, 1.54) is 17.1 Å². The number of aliphatic carboxylic acids is 1. The third-order valence-corrected chi connectivity index (χ3v) is 5.79. The summed E-state index contributed by atoms with van der Waals surface area (Å²) >= 11 is 0. The van der Waals surface area contributed by atoms with E-state index in [0.717, 1.165) is 12.8 Å². The summed E-state index contributed by atoms with van der Waals surface area (Å²) in [5, 5.41) is 15.0. The average molecular weight is 387 g/mol. The first kappa shape index (κ1) is 18.6. The molecule has 1 saturated carbocycles. The quantitative estimate of drug-likeness (QED) is 0.835. The van der Waals surface area contributed by atoms with Crippen LogP contribution in [-0.2, 0) is 20.9 Å². The lowest BCUT2D eigenvalue weighted by molar-refractivity contribution is -0.142. The second-order valence-electron chi connectivity index (χ2n) is 7.78. The molecule has 2 fully saturated rings. The van der Waals surface area contributed by atoms with Crippen molar-refractivity contribution in [3.8, 4) is 0 Å². The van der Waals surface area contributed by atoms with Gasteiger partial charge in [0, 0.05) is 25.9 Å². The number of likely N-dealkylation sites (tertiary alicyclic amines) is 1. The minimum absolute atomic E-state index is 0.00240. The summed E-state index contributed by atoms with van der Waals surface area (Å²) in [6, 6.07) is 5.78. The van der Waals surface area contributed by atoms with Crippen LogP contribution < -0.4 is 0 Å². The van der Waals surface area contributed by atoms with E-state index < -0.39 is 11.9 Å². The van der Waals surface area contributed by atoms with Crippen molar-refractivity contribution in [2.24, 2.45) is 22.9 Å². The number of benzene rings is 1. The van der Waals surface area contributed by atoms with Gasteiger partial charge < -0.3 is 10.0 Å². The molecule has 2 amide bonds. The van der Waals surface area contributed by atoms with Gasteiger partial charge in [0.2, 0.25) is 5.91 Å². The Kier molecular flexibility index (Phi) is 4.87. The average Bonchev–Trinajstić information content (AvgIpc) is 3.42. The summed E-state index contributed by atoms with van der Waals surface area (Å²) in [4.78, 5) is 38.2. The van der Waals surface area contributed by atoms with Crippen LogP contribution >= 0.6 is 0 Å². The molecule has 1 saturated heterocycles. The molecule has 2 heterocycles. The first-order valence-corrected chi connectivity index (χ1v) is 9.56. The van der Waals surface area contributed by atoms with Gasteiger partial charge >= 0.3 is 5.97 Å². The van der Waals surface area contributed by atoms with Gasteiger partial charge in [-0.15, -0.1) is 0 Å². The molecule has 4 rings (SSSR count). The molecule has 1 aromatic rings. The largest absolute Gasteiger partial charge is 0.481 e.